The summed E-state index contributed by atoms with van der Waals surface area (Å²) in [5, 5.41) is 0. The first-order valence-electron chi connectivity index (χ1n) is 7.38. The van der Waals surface area contributed by atoms with Gasteiger partial charge in [0.15, 0.2) is 0 Å². The summed E-state index contributed by atoms with van der Waals surface area (Å²) in [6.07, 6.45) is 2.69. The average molecular weight is 344 g/mol. The number of likely N-dealkylation sites (tertiary alicyclic amines) is 1. The fourth-order valence-corrected chi connectivity index (χ4v) is 5.29. The first kappa shape index (κ1) is 14.4. The number of benzene rings is 2. The number of hydrogen-bond donors (Lipinski definition) is 0. The Morgan fingerprint density at radius 3 is 2.29 bits per heavy atom. The molecule has 1 aliphatic rings. The molecule has 108 valence electrons. The van der Waals surface area contributed by atoms with Gasteiger partial charge >= 0.3 is 132 Å². The Balaban J connectivity index is 1.79. The van der Waals surface area contributed by atoms with Crippen molar-refractivity contribution in [3.05, 3.63) is 66.2 Å². The molecule has 0 N–H and O–H groups in total. The molecule has 2 nitrogen and oxygen atoms in total. The van der Waals surface area contributed by atoms with Gasteiger partial charge in [-0.3, -0.25) is 0 Å². The van der Waals surface area contributed by atoms with Gasteiger partial charge in [-0.05, 0) is 0 Å². The van der Waals surface area contributed by atoms with E-state index in [2.05, 4.69) is 53.4 Å². The van der Waals surface area contributed by atoms with Crippen LogP contribution >= 0.6 is 0 Å². The molecule has 0 spiro atoms. The van der Waals surface area contributed by atoms with Crippen molar-refractivity contribution in [1.82, 2.24) is 4.90 Å². The molecule has 1 unspecified atom stereocenters. The Hall–Kier alpha value is -1.57. The molecule has 0 bridgehead atoms. The summed E-state index contributed by atoms with van der Waals surface area (Å²) in [7, 11) is 0. The summed E-state index contributed by atoms with van der Waals surface area (Å²) in [5.41, 5.74) is 1.32. The maximum atomic E-state index is 12.1. The second-order valence-electron chi connectivity index (χ2n) is 5.27. The third-order valence-electron chi connectivity index (χ3n) is 3.73. The van der Waals surface area contributed by atoms with E-state index in [1.807, 2.05) is 12.1 Å². The van der Waals surface area contributed by atoms with Crippen LogP contribution in [0.15, 0.2) is 60.7 Å². The molecule has 1 saturated heterocycles. The van der Waals surface area contributed by atoms with Crippen molar-refractivity contribution in [1.29, 1.82) is 0 Å². The van der Waals surface area contributed by atoms with Crippen LogP contribution in [0.3, 0.4) is 0 Å². The van der Waals surface area contributed by atoms with E-state index < -0.39 is 0 Å². The van der Waals surface area contributed by atoms with E-state index in [1.54, 1.807) is 0 Å². The average Bonchev–Trinajstić information content (AvgIpc) is 2.95. The van der Waals surface area contributed by atoms with Crippen LogP contribution in [0.1, 0.15) is 18.4 Å². The number of nitrogens with zero attached hydrogens (tertiary/aromatic N) is 1. The van der Waals surface area contributed by atoms with Gasteiger partial charge in [0.1, 0.15) is 0 Å². The second-order valence-corrected chi connectivity index (χ2v) is 7.89. The zero-order chi connectivity index (χ0) is 14.5. The first-order chi connectivity index (χ1) is 10.3. The molecule has 1 fully saturated rings. The second kappa shape index (κ2) is 6.93. The molecule has 1 atom stereocenters. The van der Waals surface area contributed by atoms with Gasteiger partial charge in [-0.2, -0.15) is 0 Å². The van der Waals surface area contributed by atoms with Crippen LogP contribution in [0.2, 0.25) is 0 Å². The van der Waals surface area contributed by atoms with Crippen molar-refractivity contribution < 1.29 is 4.79 Å². The Morgan fingerprint density at radius 1 is 1.00 bits per heavy atom. The standard InChI is InChI=1S/C18H19NOSe/c20-17-12-7-13-19(17)18(14-15-8-3-1-4-9-15)21-16-10-5-2-6-11-16/h1-6,8-11,18H,7,12-14H2. The SMILES string of the molecule is O=C1CCCN1C(Cc1ccccc1)[Se]c1ccccc1. The summed E-state index contributed by atoms with van der Waals surface area (Å²) < 4.78 is 1.37. The van der Waals surface area contributed by atoms with E-state index in [9.17, 15) is 4.79 Å². The van der Waals surface area contributed by atoms with Gasteiger partial charge in [0.2, 0.25) is 0 Å². The predicted molar refractivity (Wildman–Crippen MR) is 86.7 cm³/mol. The third-order valence-corrected chi connectivity index (χ3v) is 6.32. The van der Waals surface area contributed by atoms with Crippen LogP contribution in [-0.4, -0.2) is 37.2 Å². The van der Waals surface area contributed by atoms with Gasteiger partial charge in [0, 0.05) is 0 Å². The summed E-state index contributed by atoms with van der Waals surface area (Å²) in [6.45, 7) is 0.922. The molecular formula is C18H19NOSe. The molecule has 21 heavy (non-hydrogen) atoms. The van der Waals surface area contributed by atoms with Crippen LogP contribution < -0.4 is 4.46 Å². The van der Waals surface area contributed by atoms with E-state index >= 15 is 0 Å². The van der Waals surface area contributed by atoms with Crippen molar-refractivity contribution >= 4 is 25.3 Å². The topological polar surface area (TPSA) is 20.3 Å². The summed E-state index contributed by atoms with van der Waals surface area (Å²) in [4.78, 5) is 14.6. The van der Waals surface area contributed by atoms with Crippen LogP contribution in [0, 0.1) is 0 Å². The molecule has 1 amide bonds. The van der Waals surface area contributed by atoms with Crippen molar-refractivity contribution in [3.8, 4) is 0 Å². The molecule has 0 aromatic heterocycles. The number of carbonyl (C=O) groups is 1. The fourth-order valence-electron chi connectivity index (χ4n) is 2.66. The minimum absolute atomic E-state index is 0.289. The molecule has 0 radical (unpaired) electrons. The van der Waals surface area contributed by atoms with E-state index in [-0.39, 0.29) is 15.0 Å². The molecule has 0 saturated carbocycles. The van der Waals surface area contributed by atoms with E-state index in [1.165, 1.54) is 10.0 Å². The van der Waals surface area contributed by atoms with Crippen molar-refractivity contribution in [2.75, 3.05) is 6.54 Å². The van der Waals surface area contributed by atoms with Gasteiger partial charge < -0.3 is 0 Å². The first-order valence-corrected chi connectivity index (χ1v) is 9.22. The number of rotatable bonds is 5. The molecule has 1 aliphatic heterocycles. The molecule has 3 rings (SSSR count). The third kappa shape index (κ3) is 3.75. The van der Waals surface area contributed by atoms with Gasteiger partial charge in [-0.15, -0.1) is 0 Å². The maximum absolute atomic E-state index is 12.1. The van der Waals surface area contributed by atoms with Crippen molar-refractivity contribution in [2.24, 2.45) is 0 Å². The Morgan fingerprint density at radius 2 is 1.67 bits per heavy atom. The van der Waals surface area contributed by atoms with Gasteiger partial charge in [-0.1, -0.05) is 0 Å². The number of carbonyl (C=O) groups excluding carboxylic acids is 1. The summed E-state index contributed by atoms with van der Waals surface area (Å²) >= 11 is 0.289. The molecule has 2 aromatic carbocycles. The van der Waals surface area contributed by atoms with E-state index in [4.69, 9.17) is 0 Å². The van der Waals surface area contributed by atoms with Crippen LogP contribution in [0.4, 0.5) is 0 Å². The van der Waals surface area contributed by atoms with Gasteiger partial charge in [0.05, 0.1) is 0 Å². The predicted octanol–water partition coefficient (Wildman–Crippen LogP) is 2.21. The Labute approximate surface area is 132 Å². The van der Waals surface area contributed by atoms with Crippen LogP contribution in [-0.2, 0) is 11.2 Å². The van der Waals surface area contributed by atoms with Gasteiger partial charge in [-0.25, -0.2) is 0 Å². The monoisotopic (exact) mass is 345 g/mol. The van der Waals surface area contributed by atoms with E-state index in [0.29, 0.717) is 10.8 Å². The van der Waals surface area contributed by atoms with Crippen LogP contribution in [0.5, 0.6) is 0 Å². The quantitative estimate of drug-likeness (QED) is 0.762. The molecule has 0 aliphatic carbocycles. The van der Waals surface area contributed by atoms with Crippen LogP contribution in [0.25, 0.3) is 0 Å². The summed E-state index contributed by atoms with van der Waals surface area (Å²) in [6, 6.07) is 21.1. The van der Waals surface area contributed by atoms with Gasteiger partial charge in [0.25, 0.3) is 0 Å². The zero-order valence-electron chi connectivity index (χ0n) is 11.9. The van der Waals surface area contributed by atoms with E-state index in [0.717, 1.165) is 25.8 Å². The fraction of sp³-hybridized carbons (Fsp3) is 0.278. The minimum atomic E-state index is 0.289. The Kier molecular flexibility index (Phi) is 4.74. The van der Waals surface area contributed by atoms with Crippen molar-refractivity contribution in [3.63, 3.8) is 0 Å². The Bertz CT molecular complexity index is 543. The molecule has 1 heterocycles. The normalized spacial score (nSPS) is 16.2. The summed E-state index contributed by atoms with van der Waals surface area (Å²) in [5.74, 6) is 0.328. The molecule has 2 aromatic rings. The van der Waals surface area contributed by atoms with Crippen molar-refractivity contribution in [2.45, 2.75) is 24.2 Å². The molecule has 3 heteroatoms. The zero-order valence-corrected chi connectivity index (χ0v) is 13.7. The number of amides is 1. The number of hydrogen-bond acceptors (Lipinski definition) is 1. The molecular weight excluding hydrogens is 325 g/mol.